The Morgan fingerprint density at radius 1 is 1.06 bits per heavy atom. The van der Waals surface area contributed by atoms with Gasteiger partial charge >= 0.3 is 6.09 Å². The van der Waals surface area contributed by atoms with E-state index in [1.807, 2.05) is 44.2 Å². The molecule has 0 aromatic heterocycles. The number of alkyl carbamates (subject to hydrolysis) is 1. The highest BCUT2D eigenvalue weighted by Gasteiger charge is 2.35. The number of thiol groups is 1. The molecule has 0 saturated heterocycles. The largest absolute Gasteiger partial charge is 0.444 e. The standard InChI is InChI=1S/C26H35N3O5S/c1-17-10-12-19(13-11-17)22(23(31)27-20-9-7-6-8-18(20)2)29(14-15-30)24(32)21(16-35)28-25(33)34-26(3,4)5/h6-13,21-22,30,35H,14-16H2,1-5H3,(H,27,31)(H,28,33). The van der Waals surface area contributed by atoms with Crippen LogP contribution >= 0.6 is 12.6 Å². The molecule has 2 atom stereocenters. The first-order chi connectivity index (χ1) is 16.5. The summed E-state index contributed by atoms with van der Waals surface area (Å²) in [6, 6.07) is 12.4. The second-order valence-corrected chi connectivity index (χ2v) is 9.62. The van der Waals surface area contributed by atoms with E-state index >= 15 is 0 Å². The number of aliphatic hydroxyl groups excluding tert-OH is 1. The van der Waals surface area contributed by atoms with Gasteiger partial charge in [-0.25, -0.2) is 4.79 Å². The lowest BCUT2D eigenvalue weighted by molar-refractivity contribution is -0.140. The van der Waals surface area contributed by atoms with Crippen LogP contribution in [-0.4, -0.2) is 58.5 Å². The minimum absolute atomic E-state index is 0.0277. The Morgan fingerprint density at radius 3 is 2.23 bits per heavy atom. The summed E-state index contributed by atoms with van der Waals surface area (Å²) in [5.74, 6) is -1.04. The quantitative estimate of drug-likeness (QED) is 0.393. The molecule has 2 rings (SSSR count). The van der Waals surface area contributed by atoms with E-state index in [0.29, 0.717) is 11.3 Å². The van der Waals surface area contributed by atoms with Gasteiger partial charge in [-0.1, -0.05) is 48.0 Å². The van der Waals surface area contributed by atoms with Gasteiger partial charge in [0.1, 0.15) is 17.7 Å². The molecule has 0 radical (unpaired) electrons. The van der Waals surface area contributed by atoms with Gasteiger partial charge in [-0.3, -0.25) is 9.59 Å². The van der Waals surface area contributed by atoms with E-state index in [-0.39, 0.29) is 18.9 Å². The number of amides is 3. The Morgan fingerprint density at radius 2 is 1.69 bits per heavy atom. The topological polar surface area (TPSA) is 108 Å². The summed E-state index contributed by atoms with van der Waals surface area (Å²) in [5.41, 5.74) is 2.29. The molecule has 0 aliphatic rings. The Kier molecular flexibility index (Phi) is 10.2. The van der Waals surface area contributed by atoms with Gasteiger partial charge in [-0.2, -0.15) is 12.6 Å². The van der Waals surface area contributed by atoms with Crippen molar-refractivity contribution in [3.05, 3.63) is 65.2 Å². The molecular formula is C26H35N3O5S. The van der Waals surface area contributed by atoms with Gasteiger partial charge in [-0.05, 0) is 51.8 Å². The number of aliphatic hydroxyl groups is 1. The van der Waals surface area contributed by atoms with Crippen molar-refractivity contribution in [3.63, 3.8) is 0 Å². The number of hydrogen-bond acceptors (Lipinski definition) is 6. The average Bonchev–Trinajstić information content (AvgIpc) is 2.78. The maximum Gasteiger partial charge on any atom is 0.408 e. The molecule has 3 amide bonds. The predicted octanol–water partition coefficient (Wildman–Crippen LogP) is 3.63. The van der Waals surface area contributed by atoms with Crippen molar-refractivity contribution in [3.8, 4) is 0 Å². The molecule has 190 valence electrons. The van der Waals surface area contributed by atoms with Crippen molar-refractivity contribution in [2.45, 2.75) is 52.3 Å². The molecule has 2 unspecified atom stereocenters. The molecule has 0 aliphatic carbocycles. The van der Waals surface area contributed by atoms with Crippen LogP contribution in [-0.2, 0) is 14.3 Å². The second-order valence-electron chi connectivity index (χ2n) is 9.25. The first-order valence-electron chi connectivity index (χ1n) is 11.4. The number of anilines is 1. The van der Waals surface area contributed by atoms with Crippen LogP contribution in [0.15, 0.2) is 48.5 Å². The van der Waals surface area contributed by atoms with E-state index in [4.69, 9.17) is 4.74 Å². The highest BCUT2D eigenvalue weighted by Crippen LogP contribution is 2.25. The number of para-hydroxylation sites is 1. The molecule has 0 aliphatic heterocycles. The van der Waals surface area contributed by atoms with Gasteiger partial charge in [-0.15, -0.1) is 0 Å². The Balaban J connectivity index is 2.43. The number of hydrogen-bond donors (Lipinski definition) is 4. The molecule has 0 spiro atoms. The second kappa shape index (κ2) is 12.6. The molecule has 0 heterocycles. The lowest BCUT2D eigenvalue weighted by atomic mass is 10.0. The molecular weight excluding hydrogens is 466 g/mol. The highest BCUT2D eigenvalue weighted by molar-refractivity contribution is 7.80. The van der Waals surface area contributed by atoms with Crippen LogP contribution in [0.2, 0.25) is 0 Å². The maximum atomic E-state index is 13.6. The highest BCUT2D eigenvalue weighted by atomic mass is 32.1. The van der Waals surface area contributed by atoms with Crippen molar-refractivity contribution >= 4 is 36.2 Å². The summed E-state index contributed by atoms with van der Waals surface area (Å²) in [6.45, 7) is 8.43. The molecule has 2 aromatic rings. The van der Waals surface area contributed by atoms with Gasteiger partial charge in [0.05, 0.1) is 6.61 Å². The zero-order valence-electron chi connectivity index (χ0n) is 20.9. The van der Waals surface area contributed by atoms with Crippen molar-refractivity contribution in [2.24, 2.45) is 0 Å². The number of carbonyl (C=O) groups is 3. The van der Waals surface area contributed by atoms with E-state index in [2.05, 4.69) is 23.3 Å². The monoisotopic (exact) mass is 501 g/mol. The maximum absolute atomic E-state index is 13.6. The number of benzene rings is 2. The Hall–Kier alpha value is -3.04. The zero-order chi connectivity index (χ0) is 26.2. The Labute approximate surface area is 212 Å². The summed E-state index contributed by atoms with van der Waals surface area (Å²) in [5, 5.41) is 15.2. The molecule has 35 heavy (non-hydrogen) atoms. The van der Waals surface area contributed by atoms with Crippen LogP contribution in [0.25, 0.3) is 0 Å². The van der Waals surface area contributed by atoms with Crippen molar-refractivity contribution in [1.82, 2.24) is 10.2 Å². The number of aryl methyl sites for hydroxylation is 2. The molecule has 0 fully saturated rings. The number of ether oxygens (including phenoxy) is 1. The number of carbonyl (C=O) groups excluding carboxylic acids is 3. The van der Waals surface area contributed by atoms with Crippen LogP contribution in [0.1, 0.15) is 43.5 Å². The molecule has 9 heteroatoms. The molecule has 2 aromatic carbocycles. The van der Waals surface area contributed by atoms with E-state index in [0.717, 1.165) is 11.1 Å². The molecule has 0 saturated carbocycles. The first-order valence-corrected chi connectivity index (χ1v) is 12.0. The molecule has 8 nitrogen and oxygen atoms in total. The summed E-state index contributed by atoms with van der Waals surface area (Å²) >= 11 is 4.24. The third-order valence-electron chi connectivity index (χ3n) is 5.15. The SMILES string of the molecule is Cc1ccc(C(C(=O)Nc2ccccc2C)N(CCO)C(=O)C(CS)NC(=O)OC(C)(C)C)cc1. The third-order valence-corrected chi connectivity index (χ3v) is 5.52. The lowest BCUT2D eigenvalue weighted by Crippen LogP contribution is -2.53. The van der Waals surface area contributed by atoms with Crippen LogP contribution < -0.4 is 10.6 Å². The van der Waals surface area contributed by atoms with Gasteiger partial charge in [0, 0.05) is 18.0 Å². The van der Waals surface area contributed by atoms with E-state index in [9.17, 15) is 19.5 Å². The average molecular weight is 502 g/mol. The minimum atomic E-state index is -1.07. The number of nitrogens with one attached hydrogen (secondary N) is 2. The first kappa shape index (κ1) is 28.2. The fourth-order valence-corrected chi connectivity index (χ4v) is 3.69. The van der Waals surface area contributed by atoms with E-state index in [1.165, 1.54) is 4.90 Å². The van der Waals surface area contributed by atoms with Crippen molar-refractivity contribution in [2.75, 3.05) is 24.2 Å². The van der Waals surface area contributed by atoms with Gasteiger partial charge < -0.3 is 25.4 Å². The van der Waals surface area contributed by atoms with Crippen LogP contribution in [0.5, 0.6) is 0 Å². The van der Waals surface area contributed by atoms with E-state index in [1.54, 1.807) is 39.0 Å². The number of nitrogens with zero attached hydrogens (tertiary/aromatic N) is 1. The third kappa shape index (κ3) is 8.29. The van der Waals surface area contributed by atoms with Crippen LogP contribution in [0.3, 0.4) is 0 Å². The summed E-state index contributed by atoms with van der Waals surface area (Å²) in [4.78, 5) is 40.8. The van der Waals surface area contributed by atoms with Crippen LogP contribution in [0, 0.1) is 13.8 Å². The summed E-state index contributed by atoms with van der Waals surface area (Å²) < 4.78 is 5.27. The summed E-state index contributed by atoms with van der Waals surface area (Å²) in [6.07, 6.45) is -0.773. The Bertz CT molecular complexity index is 1020. The van der Waals surface area contributed by atoms with Crippen molar-refractivity contribution < 1.29 is 24.2 Å². The van der Waals surface area contributed by atoms with Crippen LogP contribution in [0.4, 0.5) is 10.5 Å². The normalized spacial score (nSPS) is 12.9. The van der Waals surface area contributed by atoms with E-state index < -0.39 is 35.6 Å². The minimum Gasteiger partial charge on any atom is -0.444 e. The summed E-state index contributed by atoms with van der Waals surface area (Å²) in [7, 11) is 0. The van der Waals surface area contributed by atoms with Gasteiger partial charge in [0.15, 0.2) is 0 Å². The smallest absolute Gasteiger partial charge is 0.408 e. The zero-order valence-corrected chi connectivity index (χ0v) is 21.8. The van der Waals surface area contributed by atoms with Crippen molar-refractivity contribution in [1.29, 1.82) is 0 Å². The fraction of sp³-hybridized carbons (Fsp3) is 0.423. The lowest BCUT2D eigenvalue weighted by Gasteiger charge is -2.34. The van der Waals surface area contributed by atoms with Gasteiger partial charge in [0.25, 0.3) is 5.91 Å². The predicted molar refractivity (Wildman–Crippen MR) is 140 cm³/mol. The number of rotatable bonds is 9. The molecule has 3 N–H and O–H groups in total. The fourth-order valence-electron chi connectivity index (χ4n) is 3.45. The van der Waals surface area contributed by atoms with Gasteiger partial charge in [0.2, 0.25) is 5.91 Å². The molecule has 0 bridgehead atoms.